The predicted molar refractivity (Wildman–Crippen MR) is 72.7 cm³/mol. The molecule has 0 atom stereocenters. The van der Waals surface area contributed by atoms with Crippen LogP contribution in [0, 0.1) is 17.0 Å². The summed E-state index contributed by atoms with van der Waals surface area (Å²) in [7, 11) is 0. The number of nitro groups is 1. The molecule has 0 aliphatic carbocycles. The molecule has 0 unspecified atom stereocenters. The number of thiophene rings is 1. The number of aryl methyl sites for hydroxylation is 1. The Morgan fingerprint density at radius 1 is 1.33 bits per heavy atom. The van der Waals surface area contributed by atoms with Crippen molar-refractivity contribution in [2.45, 2.75) is 20.0 Å². The van der Waals surface area contributed by atoms with Crippen molar-refractivity contribution in [3.8, 4) is 0 Å². The van der Waals surface area contributed by atoms with Gasteiger partial charge in [0, 0.05) is 29.6 Å². The van der Waals surface area contributed by atoms with Gasteiger partial charge >= 0.3 is 0 Å². The number of rotatable bonds is 5. The van der Waals surface area contributed by atoms with Gasteiger partial charge in [-0.05, 0) is 23.9 Å². The molecule has 0 aliphatic rings. The van der Waals surface area contributed by atoms with Crippen LogP contribution in [0.4, 0.5) is 5.69 Å². The van der Waals surface area contributed by atoms with Crippen LogP contribution < -0.4 is 5.32 Å². The smallest absolute Gasteiger partial charge is 0.272 e. The highest BCUT2D eigenvalue weighted by Gasteiger charge is 2.10. The quantitative estimate of drug-likeness (QED) is 0.664. The molecule has 0 bridgehead atoms. The van der Waals surface area contributed by atoms with E-state index in [1.165, 1.54) is 4.88 Å². The van der Waals surface area contributed by atoms with E-state index in [0.717, 1.165) is 12.1 Å². The summed E-state index contributed by atoms with van der Waals surface area (Å²) in [6.45, 7) is 3.18. The molecule has 0 aliphatic heterocycles. The van der Waals surface area contributed by atoms with E-state index in [-0.39, 0.29) is 10.6 Å². The summed E-state index contributed by atoms with van der Waals surface area (Å²) in [5, 5.41) is 16.1. The molecule has 18 heavy (non-hydrogen) atoms. The maximum atomic E-state index is 10.8. The van der Waals surface area contributed by atoms with Gasteiger partial charge in [0.2, 0.25) is 0 Å². The zero-order chi connectivity index (χ0) is 13.0. The summed E-state index contributed by atoms with van der Waals surface area (Å²) in [6, 6.07) is 9.43. The summed E-state index contributed by atoms with van der Waals surface area (Å²) in [5.74, 6) is 0. The Balaban J connectivity index is 1.97. The lowest BCUT2D eigenvalue weighted by Gasteiger charge is -2.04. The van der Waals surface area contributed by atoms with Crippen molar-refractivity contribution >= 4 is 17.0 Å². The van der Waals surface area contributed by atoms with Gasteiger partial charge in [0.1, 0.15) is 0 Å². The molecule has 0 saturated heterocycles. The monoisotopic (exact) mass is 262 g/mol. The molecule has 1 aromatic carbocycles. The Morgan fingerprint density at radius 2 is 2.17 bits per heavy atom. The van der Waals surface area contributed by atoms with E-state index in [4.69, 9.17) is 0 Å². The Hall–Kier alpha value is -1.72. The third-order valence-electron chi connectivity index (χ3n) is 2.68. The van der Waals surface area contributed by atoms with Gasteiger partial charge in [-0.3, -0.25) is 10.1 Å². The lowest BCUT2D eigenvalue weighted by Crippen LogP contribution is -2.12. The van der Waals surface area contributed by atoms with Gasteiger partial charge in [-0.25, -0.2) is 0 Å². The molecule has 0 fully saturated rings. The van der Waals surface area contributed by atoms with Gasteiger partial charge in [0.15, 0.2) is 0 Å². The molecule has 2 rings (SSSR count). The standard InChI is InChI=1S/C13H14N2O2S/c1-10-4-5-11(7-13(10)15(16)17)8-14-9-12-3-2-6-18-12/h2-7,14H,8-9H2,1H3. The third-order valence-corrected chi connectivity index (χ3v) is 3.56. The fourth-order valence-electron chi connectivity index (χ4n) is 1.70. The molecule has 1 heterocycles. The van der Waals surface area contributed by atoms with Gasteiger partial charge in [-0.1, -0.05) is 18.2 Å². The molecule has 1 N–H and O–H groups in total. The zero-order valence-electron chi connectivity index (χ0n) is 10.1. The number of benzene rings is 1. The lowest BCUT2D eigenvalue weighted by molar-refractivity contribution is -0.385. The van der Waals surface area contributed by atoms with Gasteiger partial charge in [0.25, 0.3) is 5.69 Å². The number of nitro benzene ring substituents is 1. The first-order chi connectivity index (χ1) is 8.66. The van der Waals surface area contributed by atoms with Gasteiger partial charge in [0.05, 0.1) is 4.92 Å². The molecular formula is C13H14N2O2S. The van der Waals surface area contributed by atoms with Crippen molar-refractivity contribution in [2.24, 2.45) is 0 Å². The second kappa shape index (κ2) is 5.75. The Kier molecular flexibility index (Phi) is 4.07. The van der Waals surface area contributed by atoms with Gasteiger partial charge < -0.3 is 5.32 Å². The molecule has 0 amide bonds. The molecular weight excluding hydrogens is 248 g/mol. The molecule has 0 radical (unpaired) electrons. The zero-order valence-corrected chi connectivity index (χ0v) is 10.9. The van der Waals surface area contributed by atoms with Crippen molar-refractivity contribution in [3.05, 3.63) is 61.8 Å². The largest absolute Gasteiger partial charge is 0.308 e. The lowest BCUT2D eigenvalue weighted by atomic mass is 10.1. The highest BCUT2D eigenvalue weighted by Crippen LogP contribution is 2.19. The fraction of sp³-hybridized carbons (Fsp3) is 0.231. The van der Waals surface area contributed by atoms with E-state index in [2.05, 4.69) is 11.4 Å². The Labute approximate surface area is 109 Å². The van der Waals surface area contributed by atoms with E-state index >= 15 is 0 Å². The summed E-state index contributed by atoms with van der Waals surface area (Å²) in [5.41, 5.74) is 1.82. The van der Waals surface area contributed by atoms with E-state index in [1.54, 1.807) is 30.4 Å². The minimum absolute atomic E-state index is 0.186. The maximum Gasteiger partial charge on any atom is 0.272 e. The Bertz CT molecular complexity index is 538. The van der Waals surface area contributed by atoms with Crippen LogP contribution in [0.1, 0.15) is 16.0 Å². The first-order valence-corrected chi connectivity index (χ1v) is 6.52. The summed E-state index contributed by atoms with van der Waals surface area (Å²) in [6.07, 6.45) is 0. The molecule has 2 aromatic rings. The molecule has 94 valence electrons. The van der Waals surface area contributed by atoms with Crippen molar-refractivity contribution < 1.29 is 4.92 Å². The highest BCUT2D eigenvalue weighted by atomic mass is 32.1. The topological polar surface area (TPSA) is 55.2 Å². The summed E-state index contributed by atoms with van der Waals surface area (Å²) in [4.78, 5) is 11.7. The van der Waals surface area contributed by atoms with Crippen LogP contribution in [0.5, 0.6) is 0 Å². The van der Waals surface area contributed by atoms with E-state index in [9.17, 15) is 10.1 Å². The minimum atomic E-state index is -0.335. The van der Waals surface area contributed by atoms with Gasteiger partial charge in [-0.15, -0.1) is 11.3 Å². The summed E-state index contributed by atoms with van der Waals surface area (Å²) >= 11 is 1.70. The van der Waals surface area contributed by atoms with Crippen LogP contribution in [0.2, 0.25) is 0 Å². The first kappa shape index (κ1) is 12.7. The Morgan fingerprint density at radius 3 is 2.83 bits per heavy atom. The van der Waals surface area contributed by atoms with E-state index < -0.39 is 0 Å². The van der Waals surface area contributed by atoms with Crippen molar-refractivity contribution in [3.63, 3.8) is 0 Å². The fourth-order valence-corrected chi connectivity index (χ4v) is 2.38. The first-order valence-electron chi connectivity index (χ1n) is 5.64. The second-order valence-electron chi connectivity index (χ2n) is 4.06. The molecule has 4 nitrogen and oxygen atoms in total. The molecule has 1 aromatic heterocycles. The molecule has 0 spiro atoms. The number of hydrogen-bond donors (Lipinski definition) is 1. The normalized spacial score (nSPS) is 10.5. The van der Waals surface area contributed by atoms with Crippen LogP contribution in [0.15, 0.2) is 35.7 Å². The van der Waals surface area contributed by atoms with Crippen LogP contribution in [-0.2, 0) is 13.1 Å². The van der Waals surface area contributed by atoms with Gasteiger partial charge in [-0.2, -0.15) is 0 Å². The number of nitrogens with zero attached hydrogens (tertiary/aromatic N) is 1. The van der Waals surface area contributed by atoms with Crippen molar-refractivity contribution in [1.82, 2.24) is 5.32 Å². The predicted octanol–water partition coefficient (Wildman–Crippen LogP) is 3.25. The van der Waals surface area contributed by atoms with Crippen LogP contribution >= 0.6 is 11.3 Å². The third kappa shape index (κ3) is 3.15. The van der Waals surface area contributed by atoms with Crippen molar-refractivity contribution in [2.75, 3.05) is 0 Å². The molecule has 5 heteroatoms. The van der Waals surface area contributed by atoms with Crippen LogP contribution in [-0.4, -0.2) is 4.92 Å². The van der Waals surface area contributed by atoms with E-state index in [0.29, 0.717) is 12.1 Å². The van der Waals surface area contributed by atoms with Crippen LogP contribution in [0.25, 0.3) is 0 Å². The van der Waals surface area contributed by atoms with Crippen molar-refractivity contribution in [1.29, 1.82) is 0 Å². The average Bonchev–Trinajstić information content (AvgIpc) is 2.84. The summed E-state index contributed by atoms with van der Waals surface area (Å²) < 4.78 is 0. The molecule has 0 saturated carbocycles. The minimum Gasteiger partial charge on any atom is -0.308 e. The number of nitrogens with one attached hydrogen (secondary N) is 1. The number of hydrogen-bond acceptors (Lipinski definition) is 4. The SMILES string of the molecule is Cc1ccc(CNCc2cccs2)cc1[N+](=O)[O-]. The second-order valence-corrected chi connectivity index (χ2v) is 5.09. The van der Waals surface area contributed by atoms with Crippen LogP contribution in [0.3, 0.4) is 0 Å². The maximum absolute atomic E-state index is 10.8. The average molecular weight is 262 g/mol. The highest BCUT2D eigenvalue weighted by molar-refractivity contribution is 7.09. The van der Waals surface area contributed by atoms with E-state index in [1.807, 2.05) is 17.5 Å².